The third kappa shape index (κ3) is 5.28. The molecule has 0 amide bonds. The van der Waals surface area contributed by atoms with Gasteiger partial charge < -0.3 is 14.8 Å². The lowest BCUT2D eigenvalue weighted by molar-refractivity contribution is 0.306. The molecule has 0 saturated heterocycles. The standard InChI is InChI=1S/C22H23NO2/c1-18-11-13-20(14-12-18)24-16-15-23-21-9-5-6-10-22(21)25-17-19-7-3-2-4-8-19/h2-14,23H,15-17H2,1H3. The van der Waals surface area contributed by atoms with Crippen molar-refractivity contribution in [3.8, 4) is 11.5 Å². The minimum absolute atomic E-state index is 0.555. The van der Waals surface area contributed by atoms with Gasteiger partial charge in [0.05, 0.1) is 5.69 Å². The predicted octanol–water partition coefficient (Wildman–Crippen LogP) is 5.06. The second kappa shape index (κ2) is 8.78. The maximum Gasteiger partial charge on any atom is 0.142 e. The zero-order valence-corrected chi connectivity index (χ0v) is 14.4. The molecule has 3 rings (SSSR count). The molecule has 1 N–H and O–H groups in total. The van der Waals surface area contributed by atoms with Crippen LogP contribution in [-0.4, -0.2) is 13.2 Å². The molecule has 3 aromatic rings. The van der Waals surface area contributed by atoms with Crippen molar-refractivity contribution in [3.05, 3.63) is 90.0 Å². The highest BCUT2D eigenvalue weighted by atomic mass is 16.5. The molecule has 0 heterocycles. The highest BCUT2D eigenvalue weighted by molar-refractivity contribution is 5.56. The van der Waals surface area contributed by atoms with Gasteiger partial charge in [-0.15, -0.1) is 0 Å². The first kappa shape index (κ1) is 16.9. The number of nitrogens with one attached hydrogen (secondary N) is 1. The van der Waals surface area contributed by atoms with Gasteiger partial charge in [-0.3, -0.25) is 0 Å². The van der Waals surface area contributed by atoms with Crippen LogP contribution in [0.4, 0.5) is 5.69 Å². The van der Waals surface area contributed by atoms with Gasteiger partial charge in [-0.05, 0) is 36.8 Å². The SMILES string of the molecule is Cc1ccc(OCCNc2ccccc2OCc2ccccc2)cc1. The number of hydrogen-bond donors (Lipinski definition) is 1. The number of aryl methyl sites for hydroxylation is 1. The Morgan fingerprint density at radius 3 is 2.28 bits per heavy atom. The monoisotopic (exact) mass is 333 g/mol. The molecule has 25 heavy (non-hydrogen) atoms. The van der Waals surface area contributed by atoms with Crippen LogP contribution in [0, 0.1) is 6.92 Å². The van der Waals surface area contributed by atoms with Gasteiger partial charge >= 0.3 is 0 Å². The zero-order chi connectivity index (χ0) is 17.3. The molecule has 0 unspecified atom stereocenters. The van der Waals surface area contributed by atoms with Crippen LogP contribution in [0.5, 0.6) is 11.5 Å². The van der Waals surface area contributed by atoms with Crippen LogP contribution in [0.15, 0.2) is 78.9 Å². The van der Waals surface area contributed by atoms with Gasteiger partial charge in [-0.2, -0.15) is 0 Å². The smallest absolute Gasteiger partial charge is 0.142 e. The van der Waals surface area contributed by atoms with Crippen LogP contribution in [0.25, 0.3) is 0 Å². The van der Waals surface area contributed by atoms with Crippen molar-refractivity contribution in [2.45, 2.75) is 13.5 Å². The summed E-state index contributed by atoms with van der Waals surface area (Å²) in [6, 6.07) is 26.2. The van der Waals surface area contributed by atoms with E-state index in [0.29, 0.717) is 19.8 Å². The van der Waals surface area contributed by atoms with Gasteiger partial charge in [-0.25, -0.2) is 0 Å². The average Bonchev–Trinajstić information content (AvgIpc) is 2.66. The Morgan fingerprint density at radius 1 is 0.760 bits per heavy atom. The van der Waals surface area contributed by atoms with Gasteiger partial charge in [0.15, 0.2) is 0 Å². The van der Waals surface area contributed by atoms with Crippen molar-refractivity contribution < 1.29 is 9.47 Å². The number of rotatable bonds is 8. The minimum Gasteiger partial charge on any atom is -0.492 e. The van der Waals surface area contributed by atoms with Crippen LogP contribution < -0.4 is 14.8 Å². The summed E-state index contributed by atoms with van der Waals surface area (Å²) >= 11 is 0. The normalized spacial score (nSPS) is 10.3. The van der Waals surface area contributed by atoms with Crippen molar-refractivity contribution >= 4 is 5.69 Å². The van der Waals surface area contributed by atoms with Crippen LogP contribution in [0.2, 0.25) is 0 Å². The Bertz CT molecular complexity index is 770. The number of ether oxygens (including phenoxy) is 2. The Kier molecular flexibility index (Phi) is 5.94. The summed E-state index contributed by atoms with van der Waals surface area (Å²) in [7, 11) is 0. The lowest BCUT2D eigenvalue weighted by Gasteiger charge is -2.14. The number of anilines is 1. The summed E-state index contributed by atoms with van der Waals surface area (Å²) in [6.45, 7) is 3.92. The fourth-order valence-corrected chi connectivity index (χ4v) is 2.46. The maximum atomic E-state index is 5.95. The highest BCUT2D eigenvalue weighted by Crippen LogP contribution is 2.24. The molecule has 3 nitrogen and oxygen atoms in total. The van der Waals surface area contributed by atoms with E-state index in [4.69, 9.17) is 9.47 Å². The third-order valence-electron chi connectivity index (χ3n) is 3.83. The summed E-state index contributed by atoms with van der Waals surface area (Å²) in [4.78, 5) is 0. The summed E-state index contributed by atoms with van der Waals surface area (Å²) in [5, 5.41) is 3.38. The van der Waals surface area contributed by atoms with Crippen molar-refractivity contribution in [3.63, 3.8) is 0 Å². The Labute approximate surface area is 149 Å². The van der Waals surface area contributed by atoms with Crippen molar-refractivity contribution in [1.82, 2.24) is 0 Å². The van der Waals surface area contributed by atoms with E-state index in [1.807, 2.05) is 54.6 Å². The Morgan fingerprint density at radius 2 is 1.48 bits per heavy atom. The lowest BCUT2D eigenvalue weighted by atomic mass is 10.2. The van der Waals surface area contributed by atoms with Crippen LogP contribution in [0.1, 0.15) is 11.1 Å². The van der Waals surface area contributed by atoms with E-state index in [2.05, 4.69) is 36.5 Å². The highest BCUT2D eigenvalue weighted by Gasteiger charge is 2.03. The Balaban J connectivity index is 1.49. The molecule has 0 radical (unpaired) electrons. The molecule has 0 atom stereocenters. The molecule has 0 fully saturated rings. The van der Waals surface area contributed by atoms with Crippen LogP contribution in [0.3, 0.4) is 0 Å². The van der Waals surface area contributed by atoms with Gasteiger partial charge in [0.2, 0.25) is 0 Å². The van der Waals surface area contributed by atoms with E-state index < -0.39 is 0 Å². The second-order valence-corrected chi connectivity index (χ2v) is 5.86. The molecule has 0 spiro atoms. The summed E-state index contributed by atoms with van der Waals surface area (Å²) in [5.41, 5.74) is 3.36. The molecule has 0 aliphatic carbocycles. The van der Waals surface area contributed by atoms with Crippen molar-refractivity contribution in [2.75, 3.05) is 18.5 Å². The first-order valence-corrected chi connectivity index (χ1v) is 8.50. The van der Waals surface area contributed by atoms with E-state index in [0.717, 1.165) is 22.7 Å². The van der Waals surface area contributed by atoms with E-state index >= 15 is 0 Å². The summed E-state index contributed by atoms with van der Waals surface area (Å²) in [5.74, 6) is 1.74. The van der Waals surface area contributed by atoms with Gasteiger partial charge in [-0.1, -0.05) is 60.2 Å². The largest absolute Gasteiger partial charge is 0.492 e. The molecule has 128 valence electrons. The quantitative estimate of drug-likeness (QED) is 0.584. The van der Waals surface area contributed by atoms with E-state index in [-0.39, 0.29) is 0 Å². The lowest BCUT2D eigenvalue weighted by Crippen LogP contribution is -2.12. The molecular weight excluding hydrogens is 310 g/mol. The second-order valence-electron chi connectivity index (χ2n) is 5.86. The third-order valence-corrected chi connectivity index (χ3v) is 3.83. The zero-order valence-electron chi connectivity index (χ0n) is 14.4. The van der Waals surface area contributed by atoms with E-state index in [1.165, 1.54) is 5.56 Å². The van der Waals surface area contributed by atoms with Crippen molar-refractivity contribution in [1.29, 1.82) is 0 Å². The fourth-order valence-electron chi connectivity index (χ4n) is 2.46. The van der Waals surface area contributed by atoms with Gasteiger partial charge in [0.25, 0.3) is 0 Å². The van der Waals surface area contributed by atoms with E-state index in [1.54, 1.807) is 0 Å². The Hall–Kier alpha value is -2.94. The van der Waals surface area contributed by atoms with Gasteiger partial charge in [0, 0.05) is 6.54 Å². The minimum atomic E-state index is 0.555. The molecular formula is C22H23NO2. The molecule has 0 aliphatic rings. The first-order valence-electron chi connectivity index (χ1n) is 8.50. The topological polar surface area (TPSA) is 30.5 Å². The van der Waals surface area contributed by atoms with E-state index in [9.17, 15) is 0 Å². The fraction of sp³-hybridized carbons (Fsp3) is 0.182. The summed E-state index contributed by atoms with van der Waals surface area (Å²) < 4.78 is 11.7. The number of benzene rings is 3. The maximum absolute atomic E-state index is 5.95. The predicted molar refractivity (Wildman–Crippen MR) is 102 cm³/mol. The first-order chi connectivity index (χ1) is 12.3. The van der Waals surface area contributed by atoms with Crippen LogP contribution in [-0.2, 0) is 6.61 Å². The number of hydrogen-bond acceptors (Lipinski definition) is 3. The molecule has 0 saturated carbocycles. The van der Waals surface area contributed by atoms with Crippen LogP contribution >= 0.6 is 0 Å². The van der Waals surface area contributed by atoms with Gasteiger partial charge in [0.1, 0.15) is 24.7 Å². The molecule has 3 aromatic carbocycles. The molecule has 0 bridgehead atoms. The molecule has 3 heteroatoms. The van der Waals surface area contributed by atoms with Crippen molar-refractivity contribution in [2.24, 2.45) is 0 Å². The summed E-state index contributed by atoms with van der Waals surface area (Å²) in [6.07, 6.45) is 0. The molecule has 0 aliphatic heterocycles. The average molecular weight is 333 g/mol. The molecule has 0 aromatic heterocycles. The number of para-hydroxylation sites is 2.